The van der Waals surface area contributed by atoms with Crippen LogP contribution in [0.1, 0.15) is 82.8 Å². The van der Waals surface area contributed by atoms with E-state index in [0.717, 1.165) is 62.8 Å². The van der Waals surface area contributed by atoms with E-state index in [1.165, 1.54) is 19.3 Å². The molecule has 0 bridgehead atoms. The van der Waals surface area contributed by atoms with Gasteiger partial charge in [-0.15, -0.1) is 0 Å². The number of hydrogen-bond acceptors (Lipinski definition) is 4. The number of hydrogen-bond donors (Lipinski definition) is 1. The molecule has 3 aliphatic rings. The molecule has 5 rings (SSSR count). The van der Waals surface area contributed by atoms with Crippen LogP contribution >= 0.6 is 0 Å². The topological polar surface area (TPSA) is 70.5 Å². The summed E-state index contributed by atoms with van der Waals surface area (Å²) in [5.41, 5.74) is 0.790. The van der Waals surface area contributed by atoms with Gasteiger partial charge in [0.25, 0.3) is 5.91 Å². The summed E-state index contributed by atoms with van der Waals surface area (Å²) in [5, 5.41) is 3.37. The van der Waals surface area contributed by atoms with Crippen LogP contribution in [0.15, 0.2) is 24.3 Å². The first-order valence-corrected chi connectivity index (χ1v) is 14.2. The summed E-state index contributed by atoms with van der Waals surface area (Å²) in [5.74, 6) is 1.72. The summed E-state index contributed by atoms with van der Waals surface area (Å²) in [6.45, 7) is 10.8. The molecule has 0 spiro atoms. The third kappa shape index (κ3) is 5.04. The number of rotatable bonds is 6. The second-order valence-corrected chi connectivity index (χ2v) is 12.0. The highest BCUT2D eigenvalue weighted by atomic mass is 16.2. The average molecular weight is 494 g/mol. The van der Waals surface area contributed by atoms with Crippen molar-refractivity contribution < 1.29 is 9.59 Å². The number of carbonyl (C=O) groups is 2. The van der Waals surface area contributed by atoms with Crippen LogP contribution in [0.3, 0.4) is 0 Å². The van der Waals surface area contributed by atoms with Crippen LogP contribution in [0, 0.1) is 11.8 Å². The van der Waals surface area contributed by atoms with E-state index in [-0.39, 0.29) is 17.9 Å². The predicted molar refractivity (Wildman–Crippen MR) is 143 cm³/mol. The van der Waals surface area contributed by atoms with Crippen LogP contribution in [0.5, 0.6) is 0 Å². The maximum Gasteiger partial charge on any atom is 0.290 e. The molecule has 2 fully saturated rings. The number of nitrogens with zero attached hydrogens (tertiary/aromatic N) is 4. The third-order valence-corrected chi connectivity index (χ3v) is 8.63. The molecule has 0 unspecified atom stereocenters. The Bertz CT molecular complexity index is 1080. The Labute approximate surface area is 215 Å². The van der Waals surface area contributed by atoms with Gasteiger partial charge in [0.2, 0.25) is 5.91 Å². The van der Waals surface area contributed by atoms with Crippen LogP contribution < -0.4 is 5.32 Å². The van der Waals surface area contributed by atoms with E-state index in [1.807, 2.05) is 40.7 Å². The molecule has 3 atom stereocenters. The van der Waals surface area contributed by atoms with E-state index < -0.39 is 5.54 Å². The smallest absolute Gasteiger partial charge is 0.290 e. The molecule has 3 heterocycles. The molecule has 36 heavy (non-hydrogen) atoms. The van der Waals surface area contributed by atoms with Crippen LogP contribution in [0.4, 0.5) is 0 Å². The van der Waals surface area contributed by atoms with Crippen molar-refractivity contribution in [2.45, 2.75) is 90.3 Å². The van der Waals surface area contributed by atoms with Gasteiger partial charge in [-0.3, -0.25) is 9.59 Å². The van der Waals surface area contributed by atoms with E-state index in [9.17, 15) is 9.59 Å². The van der Waals surface area contributed by atoms with Gasteiger partial charge in [-0.05, 0) is 63.1 Å². The van der Waals surface area contributed by atoms with Crippen molar-refractivity contribution >= 4 is 22.8 Å². The number of carbonyl (C=O) groups excluding carboxylic acids is 2. The molecule has 0 radical (unpaired) electrons. The zero-order valence-electron chi connectivity index (χ0n) is 22.3. The number of amides is 2. The second-order valence-electron chi connectivity index (χ2n) is 12.0. The van der Waals surface area contributed by atoms with Gasteiger partial charge in [-0.25, -0.2) is 4.98 Å². The zero-order valence-corrected chi connectivity index (χ0v) is 22.3. The van der Waals surface area contributed by atoms with E-state index in [4.69, 9.17) is 0 Å². The van der Waals surface area contributed by atoms with Crippen LogP contribution in [0.2, 0.25) is 0 Å². The lowest BCUT2D eigenvalue weighted by Crippen LogP contribution is -2.65. The van der Waals surface area contributed by atoms with Crippen LogP contribution in [-0.4, -0.2) is 68.9 Å². The molecule has 2 aromatic rings. The van der Waals surface area contributed by atoms with Gasteiger partial charge in [0.05, 0.1) is 17.6 Å². The quantitative estimate of drug-likeness (QED) is 0.604. The van der Waals surface area contributed by atoms with Crippen molar-refractivity contribution in [2.24, 2.45) is 11.8 Å². The summed E-state index contributed by atoms with van der Waals surface area (Å²) in [4.78, 5) is 36.9. The highest BCUT2D eigenvalue weighted by Crippen LogP contribution is 2.31. The Morgan fingerprint density at radius 1 is 1.06 bits per heavy atom. The van der Waals surface area contributed by atoms with Crippen molar-refractivity contribution in [3.63, 3.8) is 0 Å². The highest BCUT2D eigenvalue weighted by molar-refractivity contribution is 6.01. The number of aromatic nitrogens is 2. The minimum Gasteiger partial charge on any atom is -0.351 e. The molecule has 7 heteroatoms. The molecular weight excluding hydrogens is 450 g/mol. The molecule has 1 aromatic heterocycles. The van der Waals surface area contributed by atoms with Crippen molar-refractivity contribution in [3.05, 3.63) is 30.1 Å². The number of benzene rings is 1. The SMILES string of the molecule is C[C@@H]1C[C@H](C)CN(CCCN2C(=O)c3nc4ccccc4n3C[C@]2(C)C(=O)NC2CCCCCC2)C1. The number of nitrogens with one attached hydrogen (secondary N) is 1. The lowest BCUT2D eigenvalue weighted by atomic mass is 9.91. The summed E-state index contributed by atoms with van der Waals surface area (Å²) in [6.07, 6.45) is 9.01. The number of fused-ring (bicyclic) bond motifs is 3. The van der Waals surface area contributed by atoms with Gasteiger partial charge in [0.15, 0.2) is 5.82 Å². The third-order valence-electron chi connectivity index (χ3n) is 8.63. The molecule has 196 valence electrons. The molecule has 2 aliphatic heterocycles. The minimum absolute atomic E-state index is 0.0219. The van der Waals surface area contributed by atoms with Crippen molar-refractivity contribution in [2.75, 3.05) is 26.2 Å². The van der Waals surface area contributed by atoms with Crippen LogP contribution in [-0.2, 0) is 11.3 Å². The summed E-state index contributed by atoms with van der Waals surface area (Å²) >= 11 is 0. The maximum absolute atomic E-state index is 13.9. The van der Waals surface area contributed by atoms with Crippen molar-refractivity contribution in [3.8, 4) is 0 Å². The Hall–Kier alpha value is -2.41. The maximum atomic E-state index is 13.9. The van der Waals surface area contributed by atoms with Crippen molar-refractivity contribution in [1.29, 1.82) is 0 Å². The molecular formula is C29H43N5O2. The molecule has 1 aromatic carbocycles. The van der Waals surface area contributed by atoms with Gasteiger partial charge >= 0.3 is 0 Å². The summed E-state index contributed by atoms with van der Waals surface area (Å²) in [6, 6.07) is 8.06. The number of piperidine rings is 1. The number of imidazole rings is 1. The lowest BCUT2D eigenvalue weighted by Gasteiger charge is -2.44. The number of para-hydroxylation sites is 2. The van der Waals surface area contributed by atoms with E-state index in [2.05, 4.69) is 29.0 Å². The Balaban J connectivity index is 1.38. The first kappa shape index (κ1) is 25.2. The fourth-order valence-corrected chi connectivity index (χ4v) is 6.87. The van der Waals surface area contributed by atoms with Crippen LogP contribution in [0.25, 0.3) is 11.0 Å². The molecule has 1 aliphatic carbocycles. The monoisotopic (exact) mass is 493 g/mol. The molecule has 1 saturated carbocycles. The number of likely N-dealkylation sites (tertiary alicyclic amines) is 1. The van der Waals surface area contributed by atoms with Gasteiger partial charge in [0, 0.05) is 25.7 Å². The predicted octanol–water partition coefficient (Wildman–Crippen LogP) is 4.46. The molecule has 7 nitrogen and oxygen atoms in total. The lowest BCUT2D eigenvalue weighted by molar-refractivity contribution is -0.133. The molecule has 2 amide bonds. The van der Waals surface area contributed by atoms with E-state index >= 15 is 0 Å². The molecule has 1 N–H and O–H groups in total. The van der Waals surface area contributed by atoms with Gasteiger partial charge < -0.3 is 19.7 Å². The van der Waals surface area contributed by atoms with E-state index in [1.54, 1.807) is 0 Å². The fourth-order valence-electron chi connectivity index (χ4n) is 6.87. The van der Waals surface area contributed by atoms with Crippen molar-refractivity contribution in [1.82, 2.24) is 24.7 Å². The Morgan fingerprint density at radius 3 is 2.47 bits per heavy atom. The zero-order chi connectivity index (χ0) is 25.3. The Morgan fingerprint density at radius 2 is 1.75 bits per heavy atom. The minimum atomic E-state index is -0.942. The first-order chi connectivity index (χ1) is 17.3. The molecule has 1 saturated heterocycles. The van der Waals surface area contributed by atoms with E-state index in [0.29, 0.717) is 30.7 Å². The first-order valence-electron chi connectivity index (χ1n) is 14.2. The Kier molecular flexibility index (Phi) is 7.38. The van der Waals surface area contributed by atoms with Gasteiger partial charge in [-0.2, -0.15) is 0 Å². The second kappa shape index (κ2) is 10.5. The van der Waals surface area contributed by atoms with Gasteiger partial charge in [0.1, 0.15) is 5.54 Å². The van der Waals surface area contributed by atoms with Gasteiger partial charge in [-0.1, -0.05) is 51.7 Å². The summed E-state index contributed by atoms with van der Waals surface area (Å²) in [7, 11) is 0. The normalized spacial score (nSPS) is 28.2. The standard InChI is InChI=1S/C29H43N5O2/c1-21-17-22(2)19-32(18-21)15-10-16-34-27(35)26-31-24-13-8-9-14-25(24)33(26)20-29(34,3)28(36)30-23-11-6-4-5-7-12-23/h8-9,13-14,21-23H,4-7,10-12,15-20H2,1-3H3,(H,30,36)/t21-,22+,29-/m1/s1. The average Bonchev–Trinajstić information content (AvgIpc) is 3.01. The largest absolute Gasteiger partial charge is 0.351 e. The summed E-state index contributed by atoms with van der Waals surface area (Å²) < 4.78 is 1.97. The fraction of sp³-hybridized carbons (Fsp3) is 0.690. The highest BCUT2D eigenvalue weighted by Gasteiger charge is 2.48.